The summed E-state index contributed by atoms with van der Waals surface area (Å²) in [5.74, 6) is -1.68. The molecule has 0 saturated carbocycles. The van der Waals surface area contributed by atoms with Gasteiger partial charge in [0.15, 0.2) is 0 Å². The first kappa shape index (κ1) is 19.3. The number of fused-ring (bicyclic) bond motifs is 1. The predicted octanol–water partition coefficient (Wildman–Crippen LogP) is 0.640. The number of piperidine rings is 2. The van der Waals surface area contributed by atoms with Gasteiger partial charge in [0.05, 0.1) is 11.1 Å². The lowest BCUT2D eigenvalue weighted by Gasteiger charge is -2.28. The van der Waals surface area contributed by atoms with Gasteiger partial charge in [0.1, 0.15) is 17.9 Å². The molecule has 0 radical (unpaired) electrons. The van der Waals surface area contributed by atoms with E-state index in [2.05, 4.69) is 10.6 Å². The molecule has 2 saturated heterocycles. The predicted molar refractivity (Wildman–Crippen MR) is 96.9 cm³/mol. The number of rotatable bonds is 3. The average Bonchev–Trinajstić information content (AvgIpc) is 2.88. The van der Waals surface area contributed by atoms with E-state index >= 15 is 0 Å². The molecule has 1 aromatic carbocycles. The maximum Gasteiger partial charge on any atom is 0.266 e. The van der Waals surface area contributed by atoms with Crippen molar-refractivity contribution in [3.63, 3.8) is 0 Å². The van der Waals surface area contributed by atoms with Crippen LogP contribution in [0.4, 0.5) is 0 Å². The molecule has 4 amide bonds. The summed E-state index contributed by atoms with van der Waals surface area (Å²) in [6, 6.07) is 3.96. The molecule has 27 heavy (non-hydrogen) atoms. The molecule has 0 aliphatic carbocycles. The molecular weight excluding hydrogens is 374 g/mol. The topological polar surface area (TPSA) is 105 Å². The van der Waals surface area contributed by atoms with E-state index in [-0.39, 0.29) is 42.5 Å². The highest BCUT2D eigenvalue weighted by atomic mass is 35.5. The number of nitrogens with zero attached hydrogens (tertiary/aromatic N) is 1. The van der Waals surface area contributed by atoms with Crippen LogP contribution < -0.4 is 15.4 Å². The first-order chi connectivity index (χ1) is 12.6. The Hall–Kier alpha value is -2.45. The third kappa shape index (κ3) is 3.42. The Balaban J connectivity index is 0.00000210. The molecule has 1 aromatic rings. The molecule has 2 N–H and O–H groups in total. The molecule has 4 rings (SSSR count). The summed E-state index contributed by atoms with van der Waals surface area (Å²) in [4.78, 5) is 50.1. The van der Waals surface area contributed by atoms with Crippen LogP contribution in [0.25, 0.3) is 0 Å². The van der Waals surface area contributed by atoms with Gasteiger partial charge >= 0.3 is 0 Å². The number of hydrogen-bond donors (Lipinski definition) is 2. The largest absolute Gasteiger partial charge is 0.489 e. The van der Waals surface area contributed by atoms with E-state index in [9.17, 15) is 19.2 Å². The Morgan fingerprint density at radius 2 is 1.74 bits per heavy atom. The van der Waals surface area contributed by atoms with Crippen molar-refractivity contribution in [2.75, 3.05) is 13.1 Å². The molecule has 3 aliphatic rings. The highest BCUT2D eigenvalue weighted by Gasteiger charge is 2.46. The molecular formula is C18H20ClN3O5. The smallest absolute Gasteiger partial charge is 0.266 e. The number of nitrogens with one attached hydrogen (secondary N) is 2. The second-order valence-corrected chi connectivity index (χ2v) is 6.69. The number of carbonyl (C=O) groups is 4. The van der Waals surface area contributed by atoms with Crippen LogP contribution in [-0.2, 0) is 9.59 Å². The van der Waals surface area contributed by atoms with Crippen molar-refractivity contribution in [2.45, 2.75) is 37.8 Å². The van der Waals surface area contributed by atoms with Crippen molar-refractivity contribution in [1.82, 2.24) is 15.5 Å². The zero-order chi connectivity index (χ0) is 18.3. The van der Waals surface area contributed by atoms with Gasteiger partial charge in [-0.25, -0.2) is 0 Å². The Morgan fingerprint density at radius 3 is 2.44 bits per heavy atom. The van der Waals surface area contributed by atoms with Crippen LogP contribution in [-0.4, -0.2) is 53.8 Å². The second-order valence-electron chi connectivity index (χ2n) is 6.69. The van der Waals surface area contributed by atoms with Gasteiger partial charge in [-0.05, 0) is 44.5 Å². The lowest BCUT2D eigenvalue weighted by molar-refractivity contribution is -0.136. The van der Waals surface area contributed by atoms with Crippen LogP contribution in [0.15, 0.2) is 18.2 Å². The molecule has 2 fully saturated rings. The average molecular weight is 394 g/mol. The molecule has 0 aromatic heterocycles. The third-order valence-corrected chi connectivity index (χ3v) is 5.01. The molecule has 1 unspecified atom stereocenters. The summed E-state index contributed by atoms with van der Waals surface area (Å²) < 4.78 is 6.00. The van der Waals surface area contributed by atoms with Gasteiger partial charge in [-0.15, -0.1) is 12.4 Å². The summed E-state index contributed by atoms with van der Waals surface area (Å²) in [5.41, 5.74) is 0.451. The Morgan fingerprint density at radius 1 is 1.00 bits per heavy atom. The number of imide groups is 2. The SMILES string of the molecule is Cl.O=C1CCC(N2C(=O)c3cccc(OC4CCNCC4)c3C2=O)C(=O)N1. The van der Waals surface area contributed by atoms with Crippen molar-refractivity contribution >= 4 is 36.0 Å². The van der Waals surface area contributed by atoms with Gasteiger partial charge in [-0.2, -0.15) is 0 Å². The molecule has 3 aliphatic heterocycles. The normalized spacial score (nSPS) is 23.0. The number of benzene rings is 1. The minimum atomic E-state index is -0.966. The van der Waals surface area contributed by atoms with Crippen molar-refractivity contribution in [1.29, 1.82) is 0 Å². The number of hydrogen-bond acceptors (Lipinski definition) is 6. The molecule has 0 spiro atoms. The van der Waals surface area contributed by atoms with E-state index < -0.39 is 29.7 Å². The van der Waals surface area contributed by atoms with Gasteiger partial charge in [0.25, 0.3) is 11.8 Å². The second kappa shape index (κ2) is 7.66. The molecule has 8 nitrogen and oxygen atoms in total. The summed E-state index contributed by atoms with van der Waals surface area (Å²) in [7, 11) is 0. The summed E-state index contributed by atoms with van der Waals surface area (Å²) >= 11 is 0. The minimum absolute atomic E-state index is 0. The van der Waals surface area contributed by atoms with Gasteiger partial charge in [0.2, 0.25) is 11.8 Å². The number of carbonyl (C=O) groups excluding carboxylic acids is 4. The van der Waals surface area contributed by atoms with Crippen molar-refractivity contribution in [3.05, 3.63) is 29.3 Å². The lowest BCUT2D eigenvalue weighted by Crippen LogP contribution is -2.54. The summed E-state index contributed by atoms with van der Waals surface area (Å²) in [6.45, 7) is 1.68. The third-order valence-electron chi connectivity index (χ3n) is 5.01. The van der Waals surface area contributed by atoms with Crippen LogP contribution >= 0.6 is 12.4 Å². The van der Waals surface area contributed by atoms with Crippen LogP contribution in [0.1, 0.15) is 46.4 Å². The van der Waals surface area contributed by atoms with E-state index in [0.29, 0.717) is 5.75 Å². The van der Waals surface area contributed by atoms with E-state index in [1.807, 2.05) is 0 Å². The summed E-state index contributed by atoms with van der Waals surface area (Å²) in [5, 5.41) is 5.44. The molecule has 1 atom stereocenters. The van der Waals surface area contributed by atoms with Gasteiger partial charge in [-0.3, -0.25) is 29.4 Å². The van der Waals surface area contributed by atoms with Gasteiger partial charge in [0, 0.05) is 6.42 Å². The first-order valence-electron chi connectivity index (χ1n) is 8.78. The summed E-state index contributed by atoms with van der Waals surface area (Å²) in [6.07, 6.45) is 1.86. The van der Waals surface area contributed by atoms with Crippen LogP contribution in [0, 0.1) is 0 Å². The van der Waals surface area contributed by atoms with Gasteiger partial charge in [-0.1, -0.05) is 6.07 Å². The molecule has 9 heteroatoms. The fourth-order valence-electron chi connectivity index (χ4n) is 3.68. The monoisotopic (exact) mass is 393 g/mol. The Bertz CT molecular complexity index is 806. The minimum Gasteiger partial charge on any atom is -0.489 e. The maximum absolute atomic E-state index is 12.9. The Kier molecular flexibility index (Phi) is 5.48. The van der Waals surface area contributed by atoms with Crippen LogP contribution in [0.2, 0.25) is 0 Å². The maximum atomic E-state index is 12.9. The highest BCUT2D eigenvalue weighted by Crippen LogP contribution is 2.34. The van der Waals surface area contributed by atoms with Crippen molar-refractivity contribution < 1.29 is 23.9 Å². The van der Waals surface area contributed by atoms with Crippen molar-refractivity contribution in [3.8, 4) is 5.75 Å². The van der Waals surface area contributed by atoms with Gasteiger partial charge < -0.3 is 10.1 Å². The first-order valence-corrected chi connectivity index (χ1v) is 8.78. The zero-order valence-electron chi connectivity index (χ0n) is 14.5. The van der Waals surface area contributed by atoms with Crippen LogP contribution in [0.5, 0.6) is 5.75 Å². The number of amides is 4. The quantitative estimate of drug-likeness (QED) is 0.730. The molecule has 3 heterocycles. The van der Waals surface area contributed by atoms with Crippen LogP contribution in [0.3, 0.4) is 0 Å². The molecule has 144 valence electrons. The molecule has 0 bridgehead atoms. The lowest BCUT2D eigenvalue weighted by atomic mass is 10.0. The fourth-order valence-corrected chi connectivity index (χ4v) is 3.68. The van der Waals surface area contributed by atoms with E-state index in [0.717, 1.165) is 30.8 Å². The van der Waals surface area contributed by atoms with E-state index in [1.54, 1.807) is 18.2 Å². The standard InChI is InChI=1S/C18H19N3O5.ClH/c22-14-5-4-12(16(23)20-14)21-17(24)11-2-1-3-13(15(11)18(21)25)26-10-6-8-19-9-7-10;/h1-3,10,12,19H,4-9H2,(H,20,22,23);1H. The Labute approximate surface area is 162 Å². The number of ether oxygens (including phenoxy) is 1. The van der Waals surface area contributed by atoms with E-state index in [1.165, 1.54) is 0 Å². The van der Waals surface area contributed by atoms with Crippen molar-refractivity contribution in [2.24, 2.45) is 0 Å². The number of halogens is 1. The van der Waals surface area contributed by atoms with E-state index in [4.69, 9.17) is 4.74 Å². The fraction of sp³-hybridized carbons (Fsp3) is 0.444. The highest BCUT2D eigenvalue weighted by molar-refractivity contribution is 6.24. The zero-order valence-corrected chi connectivity index (χ0v) is 15.3.